The Kier molecular flexibility index (Phi) is 5.63. The van der Waals surface area contributed by atoms with Crippen molar-refractivity contribution in [1.82, 2.24) is 10.2 Å². The van der Waals surface area contributed by atoms with Gasteiger partial charge in [-0.05, 0) is 65.7 Å². The van der Waals surface area contributed by atoms with Gasteiger partial charge in [0.15, 0.2) is 0 Å². The van der Waals surface area contributed by atoms with Crippen molar-refractivity contribution < 1.29 is 9.13 Å². The Balaban J connectivity index is 1.31. The maximum absolute atomic E-state index is 13.1. The molecule has 5 heteroatoms. The minimum atomic E-state index is -0.179. The van der Waals surface area contributed by atoms with Gasteiger partial charge in [-0.2, -0.15) is 0 Å². The number of dihydropyridines is 1. The number of rotatable bonds is 5. The summed E-state index contributed by atoms with van der Waals surface area (Å²) in [5.74, 6) is 0.692. The van der Waals surface area contributed by atoms with Gasteiger partial charge in [-0.25, -0.2) is 4.39 Å². The first-order valence-corrected chi connectivity index (χ1v) is 9.72. The topological polar surface area (TPSA) is 27.7 Å². The van der Waals surface area contributed by atoms with Crippen LogP contribution in [0.25, 0.3) is 5.70 Å². The van der Waals surface area contributed by atoms with E-state index in [9.17, 15) is 4.39 Å². The molecule has 2 aromatic rings. The largest absolute Gasteiger partial charge is 0.497 e. The maximum atomic E-state index is 13.1. The van der Waals surface area contributed by atoms with Crippen LogP contribution in [-0.4, -0.2) is 51.3 Å². The smallest absolute Gasteiger partial charge is 0.123 e. The molecular formula is C23H26FN3O. The third-order valence-corrected chi connectivity index (χ3v) is 5.38. The first-order chi connectivity index (χ1) is 13.7. The van der Waals surface area contributed by atoms with Crippen LogP contribution >= 0.6 is 0 Å². The Hall–Kier alpha value is -2.79. The molecule has 0 aliphatic carbocycles. The molecule has 2 aliphatic rings. The van der Waals surface area contributed by atoms with E-state index in [0.29, 0.717) is 0 Å². The molecule has 1 N–H and O–H groups in total. The lowest BCUT2D eigenvalue weighted by molar-refractivity contribution is 0.276. The number of nitrogens with zero attached hydrogens (tertiary/aromatic N) is 2. The Morgan fingerprint density at radius 2 is 1.64 bits per heavy atom. The number of anilines is 1. The van der Waals surface area contributed by atoms with Crippen molar-refractivity contribution in [3.05, 3.63) is 77.6 Å². The van der Waals surface area contributed by atoms with Crippen LogP contribution in [0, 0.1) is 5.82 Å². The molecule has 28 heavy (non-hydrogen) atoms. The molecule has 1 fully saturated rings. The highest BCUT2D eigenvalue weighted by atomic mass is 19.1. The van der Waals surface area contributed by atoms with Gasteiger partial charge in [-0.1, -0.05) is 6.08 Å². The number of hydrogen-bond acceptors (Lipinski definition) is 4. The van der Waals surface area contributed by atoms with Crippen molar-refractivity contribution in [2.45, 2.75) is 0 Å². The highest BCUT2D eigenvalue weighted by Gasteiger charge is 2.19. The summed E-state index contributed by atoms with van der Waals surface area (Å²) >= 11 is 0. The Bertz CT molecular complexity index is 850. The van der Waals surface area contributed by atoms with Crippen molar-refractivity contribution in [3.63, 3.8) is 0 Å². The van der Waals surface area contributed by atoms with Gasteiger partial charge < -0.3 is 15.0 Å². The molecule has 146 valence electrons. The summed E-state index contributed by atoms with van der Waals surface area (Å²) in [5.41, 5.74) is 4.82. The van der Waals surface area contributed by atoms with Gasteiger partial charge >= 0.3 is 0 Å². The Morgan fingerprint density at radius 1 is 0.929 bits per heavy atom. The minimum absolute atomic E-state index is 0.179. The monoisotopic (exact) mass is 379 g/mol. The SMILES string of the molecule is COc1ccc(C2=CC=C(CN3CCN(c4ccc(F)cc4)CC3)CN2)cc1. The second-order valence-corrected chi connectivity index (χ2v) is 7.23. The second-order valence-electron chi connectivity index (χ2n) is 7.23. The van der Waals surface area contributed by atoms with E-state index in [4.69, 9.17) is 4.74 Å². The molecule has 2 heterocycles. The van der Waals surface area contributed by atoms with Gasteiger partial charge in [-0.15, -0.1) is 0 Å². The maximum Gasteiger partial charge on any atom is 0.123 e. The summed E-state index contributed by atoms with van der Waals surface area (Å²) in [6.45, 7) is 5.83. The minimum Gasteiger partial charge on any atom is -0.497 e. The molecule has 0 aromatic heterocycles. The zero-order valence-electron chi connectivity index (χ0n) is 16.2. The van der Waals surface area contributed by atoms with E-state index < -0.39 is 0 Å². The molecule has 0 radical (unpaired) electrons. The lowest BCUT2D eigenvalue weighted by Crippen LogP contribution is -2.47. The average molecular weight is 379 g/mol. The molecule has 0 saturated carbocycles. The second kappa shape index (κ2) is 8.48. The third kappa shape index (κ3) is 4.37. The van der Waals surface area contributed by atoms with Crippen LogP contribution in [0.4, 0.5) is 10.1 Å². The average Bonchev–Trinajstić information content (AvgIpc) is 2.76. The van der Waals surface area contributed by atoms with Crippen LogP contribution in [0.3, 0.4) is 0 Å². The summed E-state index contributed by atoms with van der Waals surface area (Å²) < 4.78 is 18.3. The van der Waals surface area contributed by atoms with Gasteiger partial charge in [-0.3, -0.25) is 4.90 Å². The van der Waals surface area contributed by atoms with Gasteiger partial charge in [0.25, 0.3) is 0 Å². The molecule has 0 unspecified atom stereocenters. The number of halogens is 1. The molecular weight excluding hydrogens is 353 g/mol. The van der Waals surface area contributed by atoms with Crippen molar-refractivity contribution in [3.8, 4) is 5.75 Å². The van der Waals surface area contributed by atoms with Crippen LogP contribution in [0.5, 0.6) is 5.75 Å². The van der Waals surface area contributed by atoms with Gasteiger partial charge in [0.2, 0.25) is 0 Å². The lowest BCUT2D eigenvalue weighted by Gasteiger charge is -2.36. The molecule has 1 saturated heterocycles. The third-order valence-electron chi connectivity index (χ3n) is 5.38. The molecule has 4 rings (SSSR count). The van der Waals surface area contributed by atoms with E-state index >= 15 is 0 Å². The number of nitrogens with one attached hydrogen (secondary N) is 1. The number of piperazine rings is 1. The Labute approximate surface area is 165 Å². The van der Waals surface area contributed by atoms with E-state index in [2.05, 4.69) is 39.4 Å². The van der Waals surface area contributed by atoms with E-state index in [0.717, 1.165) is 56.4 Å². The zero-order chi connectivity index (χ0) is 19.3. The normalized spacial score (nSPS) is 17.6. The molecule has 2 aromatic carbocycles. The van der Waals surface area contributed by atoms with Crippen molar-refractivity contribution >= 4 is 11.4 Å². The molecule has 2 aliphatic heterocycles. The van der Waals surface area contributed by atoms with Crippen LogP contribution in [0.1, 0.15) is 5.56 Å². The fourth-order valence-corrected chi connectivity index (χ4v) is 3.71. The van der Waals surface area contributed by atoms with Crippen LogP contribution < -0.4 is 15.0 Å². The summed E-state index contributed by atoms with van der Waals surface area (Å²) in [6, 6.07) is 14.9. The molecule has 0 spiro atoms. The number of benzene rings is 2. The number of methoxy groups -OCH3 is 1. The van der Waals surface area contributed by atoms with Gasteiger partial charge in [0, 0.05) is 50.7 Å². The van der Waals surface area contributed by atoms with Gasteiger partial charge in [0.05, 0.1) is 7.11 Å². The van der Waals surface area contributed by atoms with E-state index in [-0.39, 0.29) is 5.82 Å². The first kappa shape index (κ1) is 18.6. The zero-order valence-corrected chi connectivity index (χ0v) is 16.2. The van der Waals surface area contributed by atoms with Crippen LogP contribution in [0.15, 0.2) is 66.3 Å². The summed E-state index contributed by atoms with van der Waals surface area (Å²) in [5, 5.41) is 3.53. The fourth-order valence-electron chi connectivity index (χ4n) is 3.71. The number of hydrogen-bond donors (Lipinski definition) is 1. The van der Waals surface area contributed by atoms with E-state index in [1.165, 1.54) is 23.3 Å². The predicted molar refractivity (Wildman–Crippen MR) is 112 cm³/mol. The lowest BCUT2D eigenvalue weighted by atomic mass is 10.1. The van der Waals surface area contributed by atoms with Crippen molar-refractivity contribution in [2.75, 3.05) is 51.3 Å². The summed E-state index contributed by atoms with van der Waals surface area (Å²) in [4.78, 5) is 4.81. The molecule has 4 nitrogen and oxygen atoms in total. The van der Waals surface area contributed by atoms with Gasteiger partial charge in [0.1, 0.15) is 11.6 Å². The molecule has 0 amide bonds. The molecule has 0 atom stereocenters. The number of ether oxygens (including phenoxy) is 1. The van der Waals surface area contributed by atoms with E-state index in [1.54, 1.807) is 7.11 Å². The summed E-state index contributed by atoms with van der Waals surface area (Å²) in [6.07, 6.45) is 4.40. The van der Waals surface area contributed by atoms with E-state index in [1.807, 2.05) is 24.3 Å². The highest BCUT2D eigenvalue weighted by molar-refractivity contribution is 5.67. The van der Waals surface area contributed by atoms with Crippen molar-refractivity contribution in [1.29, 1.82) is 0 Å². The van der Waals surface area contributed by atoms with Crippen LogP contribution in [0.2, 0.25) is 0 Å². The number of allylic oxidation sites excluding steroid dienone is 2. The standard InChI is InChI=1S/C23H26FN3O/c1-28-22-9-3-19(4-10-22)23-11-2-18(16-25-23)17-26-12-14-27(15-13-26)21-7-5-20(24)6-8-21/h2-11,25H,12-17H2,1H3. The first-order valence-electron chi connectivity index (χ1n) is 9.72. The van der Waals surface area contributed by atoms with Crippen molar-refractivity contribution in [2.24, 2.45) is 0 Å². The predicted octanol–water partition coefficient (Wildman–Crippen LogP) is 3.53. The highest BCUT2D eigenvalue weighted by Crippen LogP contribution is 2.21. The summed E-state index contributed by atoms with van der Waals surface area (Å²) in [7, 11) is 1.68. The Morgan fingerprint density at radius 3 is 2.25 bits per heavy atom. The quantitative estimate of drug-likeness (QED) is 0.860. The molecule has 0 bridgehead atoms. The fraction of sp³-hybridized carbons (Fsp3) is 0.304. The van der Waals surface area contributed by atoms with Crippen LogP contribution in [-0.2, 0) is 0 Å².